The van der Waals surface area contributed by atoms with Crippen LogP contribution in [0.1, 0.15) is 21.6 Å². The first-order chi connectivity index (χ1) is 5.04. The minimum Gasteiger partial charge on any atom is -0.295 e. The number of carbonyl (C=O) groups is 1. The molecular formula is C6H5F2NOS. The molecular weight excluding hydrogens is 172 g/mol. The van der Waals surface area contributed by atoms with Crippen molar-refractivity contribution in [3.05, 3.63) is 16.1 Å². The highest BCUT2D eigenvalue weighted by molar-refractivity contribution is 7.13. The first kappa shape index (κ1) is 8.26. The molecule has 5 heteroatoms. The maximum atomic E-state index is 12.5. The summed E-state index contributed by atoms with van der Waals surface area (Å²) < 4.78 is 24.9. The quantitative estimate of drug-likeness (QED) is 0.647. The van der Waals surface area contributed by atoms with E-state index in [1.807, 2.05) is 0 Å². The molecule has 0 unspecified atom stereocenters. The highest BCUT2D eigenvalue weighted by atomic mass is 32.1. The summed E-state index contributed by atoms with van der Waals surface area (Å²) in [5.74, 6) is -2.89. The van der Waals surface area contributed by atoms with Gasteiger partial charge in [0.1, 0.15) is 0 Å². The van der Waals surface area contributed by atoms with Crippen molar-refractivity contribution in [2.24, 2.45) is 0 Å². The lowest BCUT2D eigenvalue weighted by Gasteiger charge is -2.03. The third-order valence-corrected chi connectivity index (χ3v) is 2.15. The predicted octanol–water partition coefficient (Wildman–Crippen LogP) is 2.07. The van der Waals surface area contributed by atoms with Gasteiger partial charge in [-0.25, -0.2) is 13.8 Å². The van der Waals surface area contributed by atoms with E-state index < -0.39 is 5.92 Å². The molecule has 0 saturated carbocycles. The van der Waals surface area contributed by atoms with Crippen LogP contribution in [-0.2, 0) is 5.92 Å². The van der Waals surface area contributed by atoms with E-state index in [2.05, 4.69) is 4.98 Å². The Morgan fingerprint density at radius 1 is 1.73 bits per heavy atom. The number of alkyl halides is 2. The Bertz CT molecular complexity index is 266. The highest BCUT2D eigenvalue weighted by Gasteiger charge is 2.26. The number of hydrogen-bond donors (Lipinski definition) is 0. The molecule has 1 aromatic rings. The fraction of sp³-hybridized carbons (Fsp3) is 0.333. The SMILES string of the molecule is CC(F)(F)c1cnc(C=O)s1. The zero-order chi connectivity index (χ0) is 8.48. The van der Waals surface area contributed by atoms with E-state index in [-0.39, 0.29) is 9.88 Å². The van der Waals surface area contributed by atoms with Gasteiger partial charge in [0.2, 0.25) is 0 Å². The Labute approximate surface area is 65.9 Å². The van der Waals surface area contributed by atoms with Crippen LogP contribution in [-0.4, -0.2) is 11.3 Å². The predicted molar refractivity (Wildman–Crippen MR) is 37.1 cm³/mol. The summed E-state index contributed by atoms with van der Waals surface area (Å²) in [5, 5.41) is 0.0847. The summed E-state index contributed by atoms with van der Waals surface area (Å²) >= 11 is 0.711. The van der Waals surface area contributed by atoms with Crippen molar-refractivity contribution in [3.63, 3.8) is 0 Å². The molecule has 0 spiro atoms. The fourth-order valence-corrected chi connectivity index (χ4v) is 1.21. The minimum absolute atomic E-state index is 0.0847. The molecule has 0 atom stereocenters. The average molecular weight is 177 g/mol. The van der Waals surface area contributed by atoms with E-state index in [0.29, 0.717) is 17.6 Å². The smallest absolute Gasteiger partial charge is 0.281 e. The van der Waals surface area contributed by atoms with Crippen molar-refractivity contribution in [1.82, 2.24) is 4.98 Å². The lowest BCUT2D eigenvalue weighted by Crippen LogP contribution is -2.03. The van der Waals surface area contributed by atoms with Crippen LogP contribution < -0.4 is 0 Å². The molecule has 0 amide bonds. The number of nitrogens with zero attached hydrogens (tertiary/aromatic N) is 1. The molecule has 0 saturated heterocycles. The van der Waals surface area contributed by atoms with Crippen LogP contribution in [0.3, 0.4) is 0 Å². The van der Waals surface area contributed by atoms with Crippen LogP contribution in [0, 0.1) is 0 Å². The number of hydrogen-bond acceptors (Lipinski definition) is 3. The van der Waals surface area contributed by atoms with Crippen molar-refractivity contribution < 1.29 is 13.6 Å². The first-order valence-electron chi connectivity index (χ1n) is 2.83. The lowest BCUT2D eigenvalue weighted by atomic mass is 10.3. The van der Waals surface area contributed by atoms with Gasteiger partial charge in [-0.05, 0) is 0 Å². The standard InChI is InChI=1S/C6H5F2NOS/c1-6(7,8)4-2-9-5(3-10)11-4/h2-3H,1H3. The second kappa shape index (κ2) is 2.65. The summed E-state index contributed by atoms with van der Waals surface area (Å²) in [6, 6.07) is 0. The Balaban J connectivity index is 2.98. The second-order valence-electron chi connectivity index (χ2n) is 2.07. The zero-order valence-electron chi connectivity index (χ0n) is 5.67. The van der Waals surface area contributed by atoms with E-state index in [9.17, 15) is 13.6 Å². The van der Waals surface area contributed by atoms with Gasteiger partial charge < -0.3 is 0 Å². The van der Waals surface area contributed by atoms with Gasteiger partial charge in [-0.3, -0.25) is 4.79 Å². The molecule has 1 aromatic heterocycles. The molecule has 11 heavy (non-hydrogen) atoms. The third-order valence-electron chi connectivity index (χ3n) is 1.06. The summed E-state index contributed by atoms with van der Waals surface area (Å²) in [7, 11) is 0. The fourth-order valence-electron chi connectivity index (χ4n) is 0.545. The monoisotopic (exact) mass is 177 g/mol. The Morgan fingerprint density at radius 2 is 2.36 bits per heavy atom. The van der Waals surface area contributed by atoms with E-state index in [0.717, 1.165) is 13.1 Å². The molecule has 60 valence electrons. The normalized spacial score (nSPS) is 11.5. The van der Waals surface area contributed by atoms with Gasteiger partial charge in [-0.15, -0.1) is 11.3 Å². The molecule has 1 rings (SSSR count). The van der Waals surface area contributed by atoms with Crippen molar-refractivity contribution in [3.8, 4) is 0 Å². The number of aromatic nitrogens is 1. The van der Waals surface area contributed by atoms with Crippen LogP contribution in [0.15, 0.2) is 6.20 Å². The van der Waals surface area contributed by atoms with Gasteiger partial charge in [0.05, 0.1) is 4.88 Å². The molecule has 0 aliphatic rings. The minimum atomic E-state index is -2.89. The molecule has 0 aliphatic heterocycles. The summed E-state index contributed by atoms with van der Waals surface area (Å²) in [6.07, 6.45) is 1.48. The maximum absolute atomic E-state index is 12.5. The number of halogens is 2. The second-order valence-corrected chi connectivity index (χ2v) is 3.13. The molecule has 0 aromatic carbocycles. The highest BCUT2D eigenvalue weighted by Crippen LogP contribution is 2.30. The van der Waals surface area contributed by atoms with Gasteiger partial charge in [0, 0.05) is 13.1 Å². The van der Waals surface area contributed by atoms with Gasteiger partial charge in [0.25, 0.3) is 5.92 Å². The molecule has 0 aliphatic carbocycles. The van der Waals surface area contributed by atoms with E-state index in [4.69, 9.17) is 0 Å². The summed E-state index contributed by atoms with van der Waals surface area (Å²) in [6.45, 7) is 0.773. The van der Waals surface area contributed by atoms with Crippen LogP contribution in [0.5, 0.6) is 0 Å². The topological polar surface area (TPSA) is 30.0 Å². The van der Waals surface area contributed by atoms with Crippen LogP contribution in [0.2, 0.25) is 0 Å². The molecule has 0 radical (unpaired) electrons. The molecule has 0 N–H and O–H groups in total. The Hall–Kier alpha value is -0.840. The average Bonchev–Trinajstić information content (AvgIpc) is 2.32. The Kier molecular flexibility index (Phi) is 1.99. The number of thiazole rings is 1. The summed E-state index contributed by atoms with van der Waals surface area (Å²) in [5.41, 5.74) is 0. The van der Waals surface area contributed by atoms with Crippen molar-refractivity contribution >= 4 is 17.6 Å². The summed E-state index contributed by atoms with van der Waals surface area (Å²) in [4.78, 5) is 13.3. The van der Waals surface area contributed by atoms with Gasteiger partial charge >= 0.3 is 0 Å². The van der Waals surface area contributed by atoms with Gasteiger partial charge in [-0.1, -0.05) is 0 Å². The maximum Gasteiger partial charge on any atom is 0.281 e. The molecule has 0 fully saturated rings. The van der Waals surface area contributed by atoms with Gasteiger partial charge in [0.15, 0.2) is 11.3 Å². The first-order valence-corrected chi connectivity index (χ1v) is 3.65. The zero-order valence-corrected chi connectivity index (χ0v) is 6.49. The van der Waals surface area contributed by atoms with Crippen LogP contribution in [0.4, 0.5) is 8.78 Å². The number of rotatable bonds is 2. The van der Waals surface area contributed by atoms with Crippen molar-refractivity contribution in [1.29, 1.82) is 0 Å². The number of carbonyl (C=O) groups excluding carboxylic acids is 1. The van der Waals surface area contributed by atoms with E-state index in [1.54, 1.807) is 0 Å². The largest absolute Gasteiger partial charge is 0.295 e. The van der Waals surface area contributed by atoms with Crippen molar-refractivity contribution in [2.45, 2.75) is 12.8 Å². The van der Waals surface area contributed by atoms with E-state index in [1.165, 1.54) is 0 Å². The Morgan fingerprint density at radius 3 is 2.64 bits per heavy atom. The molecule has 2 nitrogen and oxygen atoms in total. The number of aldehydes is 1. The molecule has 1 heterocycles. The molecule has 0 bridgehead atoms. The van der Waals surface area contributed by atoms with Crippen LogP contribution >= 0.6 is 11.3 Å². The van der Waals surface area contributed by atoms with E-state index >= 15 is 0 Å². The lowest BCUT2D eigenvalue weighted by molar-refractivity contribution is 0.0213. The third kappa shape index (κ3) is 1.80. The van der Waals surface area contributed by atoms with Crippen molar-refractivity contribution in [2.75, 3.05) is 0 Å². The van der Waals surface area contributed by atoms with Gasteiger partial charge in [-0.2, -0.15) is 0 Å². The van der Waals surface area contributed by atoms with Crippen LogP contribution in [0.25, 0.3) is 0 Å².